The van der Waals surface area contributed by atoms with Crippen LogP contribution in [0.25, 0.3) is 0 Å². The molecule has 2 aromatic rings. The highest BCUT2D eigenvalue weighted by atomic mass is 19.1. The Morgan fingerprint density at radius 3 is 2.71 bits per heavy atom. The van der Waals surface area contributed by atoms with E-state index in [-0.39, 0.29) is 17.7 Å². The summed E-state index contributed by atoms with van der Waals surface area (Å²) in [7, 11) is 0. The van der Waals surface area contributed by atoms with Crippen molar-refractivity contribution < 1.29 is 8.78 Å². The van der Waals surface area contributed by atoms with Crippen LogP contribution in [-0.4, -0.2) is 11.5 Å². The first-order valence-electron chi connectivity index (χ1n) is 7.19. The fourth-order valence-electron chi connectivity index (χ4n) is 2.39. The van der Waals surface area contributed by atoms with Gasteiger partial charge in [-0.3, -0.25) is 4.98 Å². The second-order valence-electron chi connectivity index (χ2n) is 5.18. The molecule has 0 spiro atoms. The summed E-state index contributed by atoms with van der Waals surface area (Å²) in [5.74, 6) is -0.560. The Kier molecular flexibility index (Phi) is 5.39. The van der Waals surface area contributed by atoms with Crippen LogP contribution in [0.5, 0.6) is 0 Å². The molecule has 1 heterocycles. The Morgan fingerprint density at radius 2 is 2.05 bits per heavy atom. The molecule has 0 saturated heterocycles. The Hall–Kier alpha value is -1.81. The maximum absolute atomic E-state index is 14.0. The van der Waals surface area contributed by atoms with Gasteiger partial charge in [0.15, 0.2) is 0 Å². The Morgan fingerprint density at radius 1 is 1.24 bits per heavy atom. The number of benzene rings is 1. The van der Waals surface area contributed by atoms with Gasteiger partial charge in [0.05, 0.1) is 6.20 Å². The predicted molar refractivity (Wildman–Crippen MR) is 80.1 cm³/mol. The highest BCUT2D eigenvalue weighted by Crippen LogP contribution is 2.23. The fraction of sp³-hybridized carbons (Fsp3) is 0.353. The minimum absolute atomic E-state index is 0.142. The number of hydrogen-bond acceptors (Lipinski definition) is 2. The van der Waals surface area contributed by atoms with Crippen molar-refractivity contribution >= 4 is 0 Å². The van der Waals surface area contributed by atoms with Crippen molar-refractivity contribution in [3.8, 4) is 0 Å². The number of halogens is 2. The minimum Gasteiger partial charge on any atom is -0.310 e. The molecule has 21 heavy (non-hydrogen) atoms. The van der Waals surface area contributed by atoms with Crippen molar-refractivity contribution in [2.24, 2.45) is 0 Å². The second kappa shape index (κ2) is 7.27. The van der Waals surface area contributed by atoms with Gasteiger partial charge in [0.25, 0.3) is 0 Å². The highest BCUT2D eigenvalue weighted by Gasteiger charge is 2.16. The summed E-state index contributed by atoms with van der Waals surface area (Å²) >= 11 is 0. The number of nitrogens with zero attached hydrogens (tertiary/aromatic N) is 1. The lowest BCUT2D eigenvalue weighted by molar-refractivity contribution is 0.494. The average molecular weight is 290 g/mol. The second-order valence-corrected chi connectivity index (χ2v) is 5.18. The van der Waals surface area contributed by atoms with E-state index in [1.165, 1.54) is 18.3 Å². The fourth-order valence-corrected chi connectivity index (χ4v) is 2.39. The van der Waals surface area contributed by atoms with Gasteiger partial charge >= 0.3 is 0 Å². The summed E-state index contributed by atoms with van der Waals surface area (Å²) in [5.41, 5.74) is 2.50. The highest BCUT2D eigenvalue weighted by molar-refractivity contribution is 5.29. The Balaban J connectivity index is 2.26. The number of nitrogens with one attached hydrogen (secondary N) is 1. The van der Waals surface area contributed by atoms with Crippen LogP contribution >= 0.6 is 0 Å². The average Bonchev–Trinajstić information content (AvgIpc) is 2.46. The van der Waals surface area contributed by atoms with Crippen LogP contribution in [0, 0.1) is 18.6 Å². The van der Waals surface area contributed by atoms with E-state index < -0.39 is 0 Å². The molecule has 1 aromatic heterocycles. The van der Waals surface area contributed by atoms with Crippen molar-refractivity contribution in [2.75, 3.05) is 6.54 Å². The first-order chi connectivity index (χ1) is 10.1. The van der Waals surface area contributed by atoms with Crippen LogP contribution in [0.15, 0.2) is 36.7 Å². The molecule has 1 N–H and O–H groups in total. The van der Waals surface area contributed by atoms with E-state index in [2.05, 4.69) is 17.2 Å². The molecule has 1 unspecified atom stereocenters. The third kappa shape index (κ3) is 4.08. The van der Waals surface area contributed by atoms with Gasteiger partial charge in [-0.2, -0.15) is 0 Å². The molecule has 0 saturated carbocycles. The van der Waals surface area contributed by atoms with Crippen LogP contribution in [0.2, 0.25) is 0 Å². The lowest BCUT2D eigenvalue weighted by atomic mass is 9.96. The van der Waals surface area contributed by atoms with E-state index in [9.17, 15) is 8.78 Å². The number of rotatable bonds is 6. The zero-order valence-electron chi connectivity index (χ0n) is 12.4. The molecule has 1 atom stereocenters. The van der Waals surface area contributed by atoms with Crippen molar-refractivity contribution in [3.05, 3.63) is 65.0 Å². The van der Waals surface area contributed by atoms with Gasteiger partial charge in [0.1, 0.15) is 11.6 Å². The van der Waals surface area contributed by atoms with Gasteiger partial charge in [-0.05, 0) is 55.6 Å². The zero-order valence-corrected chi connectivity index (χ0v) is 12.4. The van der Waals surface area contributed by atoms with Gasteiger partial charge in [-0.25, -0.2) is 8.78 Å². The number of aromatic nitrogens is 1. The molecule has 0 aliphatic carbocycles. The van der Waals surface area contributed by atoms with E-state index in [1.807, 2.05) is 6.92 Å². The van der Waals surface area contributed by atoms with E-state index in [0.717, 1.165) is 24.1 Å². The van der Waals surface area contributed by atoms with E-state index in [0.29, 0.717) is 12.0 Å². The van der Waals surface area contributed by atoms with Gasteiger partial charge in [-0.15, -0.1) is 0 Å². The lowest BCUT2D eigenvalue weighted by Gasteiger charge is -2.20. The molecular weight excluding hydrogens is 270 g/mol. The molecule has 2 nitrogen and oxygen atoms in total. The number of hydrogen-bond donors (Lipinski definition) is 1. The van der Waals surface area contributed by atoms with Gasteiger partial charge in [0, 0.05) is 17.8 Å². The van der Waals surface area contributed by atoms with Crippen LogP contribution in [0.1, 0.15) is 36.1 Å². The van der Waals surface area contributed by atoms with Gasteiger partial charge < -0.3 is 5.32 Å². The number of pyridine rings is 1. The monoisotopic (exact) mass is 290 g/mol. The van der Waals surface area contributed by atoms with Crippen molar-refractivity contribution in [1.82, 2.24) is 10.3 Å². The molecular formula is C17H20F2N2. The van der Waals surface area contributed by atoms with Crippen molar-refractivity contribution in [1.29, 1.82) is 0 Å². The SMILES string of the molecule is CCCNC(Cc1ccc(F)cc1C)c1ccncc1F. The van der Waals surface area contributed by atoms with Crippen LogP contribution in [-0.2, 0) is 6.42 Å². The van der Waals surface area contributed by atoms with E-state index in [4.69, 9.17) is 0 Å². The smallest absolute Gasteiger partial charge is 0.146 e. The molecule has 0 fully saturated rings. The quantitative estimate of drug-likeness (QED) is 0.871. The molecule has 0 radical (unpaired) electrons. The van der Waals surface area contributed by atoms with Gasteiger partial charge in [-0.1, -0.05) is 13.0 Å². The normalized spacial score (nSPS) is 12.4. The molecule has 0 aliphatic rings. The zero-order chi connectivity index (χ0) is 15.2. The van der Waals surface area contributed by atoms with E-state index in [1.54, 1.807) is 18.3 Å². The standard InChI is InChI=1S/C17H20F2N2/c1-3-7-21-17(15-6-8-20-11-16(15)19)10-13-4-5-14(18)9-12(13)2/h4-6,8-9,11,17,21H,3,7,10H2,1-2H3. The van der Waals surface area contributed by atoms with Crippen LogP contribution in [0.4, 0.5) is 8.78 Å². The molecule has 0 bridgehead atoms. The lowest BCUT2D eigenvalue weighted by Crippen LogP contribution is -2.25. The van der Waals surface area contributed by atoms with Crippen molar-refractivity contribution in [3.63, 3.8) is 0 Å². The third-order valence-corrected chi connectivity index (χ3v) is 3.55. The molecule has 4 heteroatoms. The Bertz CT molecular complexity index is 599. The number of aryl methyl sites for hydroxylation is 1. The molecule has 0 amide bonds. The summed E-state index contributed by atoms with van der Waals surface area (Å²) in [6.07, 6.45) is 4.41. The van der Waals surface area contributed by atoms with Gasteiger partial charge in [0.2, 0.25) is 0 Å². The Labute approximate surface area is 124 Å². The summed E-state index contributed by atoms with van der Waals surface area (Å²) in [6.45, 7) is 4.74. The predicted octanol–water partition coefficient (Wildman–Crippen LogP) is 3.95. The minimum atomic E-state index is -0.314. The molecule has 1 aromatic carbocycles. The molecule has 112 valence electrons. The van der Waals surface area contributed by atoms with Crippen LogP contribution < -0.4 is 5.32 Å². The van der Waals surface area contributed by atoms with Crippen molar-refractivity contribution in [2.45, 2.75) is 32.7 Å². The largest absolute Gasteiger partial charge is 0.310 e. The third-order valence-electron chi connectivity index (χ3n) is 3.55. The summed E-state index contributed by atoms with van der Waals surface area (Å²) in [6, 6.07) is 6.28. The van der Waals surface area contributed by atoms with E-state index >= 15 is 0 Å². The molecule has 2 rings (SSSR count). The summed E-state index contributed by atoms with van der Waals surface area (Å²) in [4.78, 5) is 3.79. The topological polar surface area (TPSA) is 24.9 Å². The van der Waals surface area contributed by atoms with Crippen LogP contribution in [0.3, 0.4) is 0 Å². The maximum atomic E-state index is 14.0. The molecule has 0 aliphatic heterocycles. The first kappa shape index (κ1) is 15.6. The first-order valence-corrected chi connectivity index (χ1v) is 7.19. The maximum Gasteiger partial charge on any atom is 0.146 e. The summed E-state index contributed by atoms with van der Waals surface area (Å²) < 4.78 is 27.2. The summed E-state index contributed by atoms with van der Waals surface area (Å²) in [5, 5.41) is 3.36.